The first kappa shape index (κ1) is 11.3. The number of ketones is 1. The van der Waals surface area contributed by atoms with Gasteiger partial charge in [0.05, 0.1) is 12.4 Å². The summed E-state index contributed by atoms with van der Waals surface area (Å²) in [6, 6.07) is 9.79. The molecule has 0 spiro atoms. The molecule has 0 aliphatic heterocycles. The number of benzene rings is 1. The van der Waals surface area contributed by atoms with E-state index in [-0.39, 0.29) is 5.78 Å². The fourth-order valence-electron chi connectivity index (χ4n) is 1.36. The lowest BCUT2D eigenvalue weighted by atomic mass is 10.2. The Morgan fingerprint density at radius 2 is 2.12 bits per heavy atom. The largest absolute Gasteiger partial charge is 0.295 e. The summed E-state index contributed by atoms with van der Waals surface area (Å²) in [6.07, 6.45) is 5.21. The van der Waals surface area contributed by atoms with Crippen LogP contribution in [0.2, 0.25) is 0 Å². The Morgan fingerprint density at radius 1 is 1.35 bits per heavy atom. The number of hydrogen-bond donors (Lipinski definition) is 0. The van der Waals surface area contributed by atoms with E-state index in [0.717, 1.165) is 11.3 Å². The van der Waals surface area contributed by atoms with Crippen molar-refractivity contribution in [2.45, 2.75) is 13.3 Å². The monoisotopic (exact) mass is 227 g/mol. The van der Waals surface area contributed by atoms with Gasteiger partial charge in [0, 0.05) is 18.1 Å². The molecule has 1 aromatic heterocycles. The zero-order valence-electron chi connectivity index (χ0n) is 9.58. The molecule has 0 N–H and O–H groups in total. The van der Waals surface area contributed by atoms with Crippen LogP contribution in [-0.4, -0.2) is 20.8 Å². The zero-order valence-corrected chi connectivity index (χ0v) is 9.58. The highest BCUT2D eigenvalue weighted by Gasteiger charge is 2.01. The van der Waals surface area contributed by atoms with E-state index in [1.807, 2.05) is 37.3 Å². The van der Waals surface area contributed by atoms with Crippen molar-refractivity contribution in [2.75, 3.05) is 0 Å². The van der Waals surface area contributed by atoms with Crippen LogP contribution in [0, 0.1) is 0 Å². The van der Waals surface area contributed by atoms with Gasteiger partial charge in [-0.2, -0.15) is 9.90 Å². The van der Waals surface area contributed by atoms with Gasteiger partial charge >= 0.3 is 0 Å². The van der Waals surface area contributed by atoms with Gasteiger partial charge in [-0.05, 0) is 0 Å². The van der Waals surface area contributed by atoms with E-state index in [2.05, 4.69) is 10.2 Å². The van der Waals surface area contributed by atoms with Gasteiger partial charge in [-0.15, -0.1) is 5.10 Å². The molecule has 2 rings (SSSR count). The molecule has 0 saturated carbocycles. The standard InChI is InChI=1S/C13H13N3O/c1-2-12(17)8-9-16-14-10-13(15-16)11-6-4-3-5-7-11/h3-10H,2H2,1H3. The van der Waals surface area contributed by atoms with Crippen LogP contribution in [0.5, 0.6) is 0 Å². The van der Waals surface area contributed by atoms with E-state index in [4.69, 9.17) is 0 Å². The van der Waals surface area contributed by atoms with Crippen molar-refractivity contribution < 1.29 is 4.79 Å². The summed E-state index contributed by atoms with van der Waals surface area (Å²) < 4.78 is 0. The van der Waals surface area contributed by atoms with Gasteiger partial charge in [-0.1, -0.05) is 37.3 Å². The summed E-state index contributed by atoms with van der Waals surface area (Å²) in [5.74, 6) is 0.0589. The predicted molar refractivity (Wildman–Crippen MR) is 66.1 cm³/mol. The molecule has 0 atom stereocenters. The van der Waals surface area contributed by atoms with Gasteiger partial charge in [0.15, 0.2) is 5.78 Å². The number of allylic oxidation sites excluding steroid dienone is 1. The minimum atomic E-state index is 0.0589. The minimum absolute atomic E-state index is 0.0589. The van der Waals surface area contributed by atoms with Crippen molar-refractivity contribution in [2.24, 2.45) is 0 Å². The summed E-state index contributed by atoms with van der Waals surface area (Å²) in [5.41, 5.74) is 1.80. The van der Waals surface area contributed by atoms with Crippen molar-refractivity contribution in [3.63, 3.8) is 0 Å². The Balaban J connectivity index is 2.17. The van der Waals surface area contributed by atoms with E-state index >= 15 is 0 Å². The quantitative estimate of drug-likeness (QED) is 0.753. The Kier molecular flexibility index (Phi) is 3.45. The maximum absolute atomic E-state index is 11.1. The lowest BCUT2D eigenvalue weighted by molar-refractivity contribution is -0.114. The molecule has 0 saturated heterocycles. The molecule has 0 radical (unpaired) electrons. The molecule has 0 bridgehead atoms. The van der Waals surface area contributed by atoms with E-state index < -0.39 is 0 Å². The number of nitrogens with zero attached hydrogens (tertiary/aromatic N) is 3. The second kappa shape index (κ2) is 5.21. The molecule has 1 heterocycles. The fourth-order valence-corrected chi connectivity index (χ4v) is 1.36. The van der Waals surface area contributed by atoms with Crippen LogP contribution < -0.4 is 0 Å². The summed E-state index contributed by atoms with van der Waals surface area (Å²) in [7, 11) is 0. The molecule has 0 aliphatic rings. The molecule has 4 heteroatoms. The average Bonchev–Trinajstić information content (AvgIpc) is 2.86. The lowest BCUT2D eigenvalue weighted by Gasteiger charge is -1.92. The van der Waals surface area contributed by atoms with Gasteiger partial charge in [-0.3, -0.25) is 4.79 Å². The van der Waals surface area contributed by atoms with Crippen molar-refractivity contribution in [1.82, 2.24) is 15.0 Å². The molecule has 0 amide bonds. The topological polar surface area (TPSA) is 47.8 Å². The molecule has 4 nitrogen and oxygen atoms in total. The molecule has 1 aromatic carbocycles. The van der Waals surface area contributed by atoms with Crippen LogP contribution >= 0.6 is 0 Å². The zero-order chi connectivity index (χ0) is 12.1. The third kappa shape index (κ3) is 2.87. The first-order chi connectivity index (χ1) is 8.29. The third-order valence-corrected chi connectivity index (χ3v) is 2.32. The number of rotatable bonds is 4. The number of hydrogen-bond acceptors (Lipinski definition) is 3. The molecule has 0 aliphatic carbocycles. The van der Waals surface area contributed by atoms with Gasteiger partial charge in [0.25, 0.3) is 0 Å². The fraction of sp³-hybridized carbons (Fsp3) is 0.154. The first-order valence-corrected chi connectivity index (χ1v) is 5.48. The van der Waals surface area contributed by atoms with Gasteiger partial charge < -0.3 is 0 Å². The minimum Gasteiger partial charge on any atom is -0.295 e. The lowest BCUT2D eigenvalue weighted by Crippen LogP contribution is -1.94. The van der Waals surface area contributed by atoms with Crippen molar-refractivity contribution >= 4 is 12.0 Å². The van der Waals surface area contributed by atoms with Crippen LogP contribution in [0.3, 0.4) is 0 Å². The highest BCUT2D eigenvalue weighted by atomic mass is 16.1. The SMILES string of the molecule is CCC(=O)C=Cn1ncc(-c2ccccc2)n1. The Morgan fingerprint density at radius 3 is 2.82 bits per heavy atom. The molecule has 0 fully saturated rings. The van der Waals surface area contributed by atoms with Crippen molar-refractivity contribution in [3.8, 4) is 11.3 Å². The molecule has 86 valence electrons. The Labute approximate surface area is 99.6 Å². The van der Waals surface area contributed by atoms with E-state index in [9.17, 15) is 4.79 Å². The molecule has 2 aromatic rings. The molecule has 0 unspecified atom stereocenters. The third-order valence-electron chi connectivity index (χ3n) is 2.32. The highest BCUT2D eigenvalue weighted by Crippen LogP contribution is 2.14. The highest BCUT2D eigenvalue weighted by molar-refractivity contribution is 5.91. The maximum atomic E-state index is 11.1. The number of carbonyl (C=O) groups is 1. The molecule has 17 heavy (non-hydrogen) atoms. The number of carbonyl (C=O) groups excluding carboxylic acids is 1. The Hall–Kier alpha value is -2.23. The van der Waals surface area contributed by atoms with Crippen LogP contribution in [0.15, 0.2) is 42.6 Å². The van der Waals surface area contributed by atoms with Crippen LogP contribution in [0.1, 0.15) is 13.3 Å². The summed E-state index contributed by atoms with van der Waals surface area (Å²) in [4.78, 5) is 12.5. The van der Waals surface area contributed by atoms with Crippen LogP contribution in [0.4, 0.5) is 0 Å². The number of aromatic nitrogens is 3. The maximum Gasteiger partial charge on any atom is 0.157 e. The first-order valence-electron chi connectivity index (χ1n) is 5.48. The Bertz CT molecular complexity index is 529. The molecular weight excluding hydrogens is 214 g/mol. The van der Waals surface area contributed by atoms with Gasteiger partial charge in [0.1, 0.15) is 5.69 Å². The van der Waals surface area contributed by atoms with Gasteiger partial charge in [-0.25, -0.2) is 0 Å². The summed E-state index contributed by atoms with van der Waals surface area (Å²) >= 11 is 0. The van der Waals surface area contributed by atoms with Crippen molar-refractivity contribution in [3.05, 3.63) is 42.6 Å². The van der Waals surface area contributed by atoms with E-state index in [0.29, 0.717) is 6.42 Å². The average molecular weight is 227 g/mol. The van der Waals surface area contributed by atoms with Gasteiger partial charge in [0.2, 0.25) is 0 Å². The summed E-state index contributed by atoms with van der Waals surface area (Å²) in [6.45, 7) is 1.82. The van der Waals surface area contributed by atoms with E-state index in [1.165, 1.54) is 10.9 Å². The smallest absolute Gasteiger partial charge is 0.157 e. The van der Waals surface area contributed by atoms with Crippen molar-refractivity contribution in [1.29, 1.82) is 0 Å². The second-order valence-electron chi connectivity index (χ2n) is 3.55. The second-order valence-corrected chi connectivity index (χ2v) is 3.55. The van der Waals surface area contributed by atoms with E-state index in [1.54, 1.807) is 12.4 Å². The predicted octanol–water partition coefficient (Wildman–Crippen LogP) is 2.39. The van der Waals surface area contributed by atoms with Crippen LogP contribution in [0.25, 0.3) is 17.5 Å². The normalized spacial score (nSPS) is 10.9. The van der Waals surface area contributed by atoms with Crippen LogP contribution in [-0.2, 0) is 4.79 Å². The molecular formula is C13H13N3O. The summed E-state index contributed by atoms with van der Waals surface area (Å²) in [5, 5.41) is 8.32.